The van der Waals surface area contributed by atoms with Gasteiger partial charge in [0.25, 0.3) is 0 Å². The fourth-order valence-corrected chi connectivity index (χ4v) is 2.61. The van der Waals surface area contributed by atoms with Gasteiger partial charge in [-0.15, -0.1) is 0 Å². The van der Waals surface area contributed by atoms with Crippen molar-refractivity contribution in [1.82, 2.24) is 9.97 Å². The van der Waals surface area contributed by atoms with E-state index in [0.717, 1.165) is 5.56 Å². The van der Waals surface area contributed by atoms with E-state index in [0.29, 0.717) is 28.2 Å². The lowest BCUT2D eigenvalue weighted by molar-refractivity contribution is -0.111. The molecular formula is C20H21N3O4. The number of amides is 1. The molecule has 3 rings (SSSR count). The zero-order chi connectivity index (χ0) is 19.4. The summed E-state index contributed by atoms with van der Waals surface area (Å²) >= 11 is 0. The summed E-state index contributed by atoms with van der Waals surface area (Å²) in [5.41, 5.74) is 2.43. The molecule has 1 heterocycles. The summed E-state index contributed by atoms with van der Waals surface area (Å²) in [6, 6.07) is 10.6. The monoisotopic (exact) mass is 367 g/mol. The normalized spacial score (nSPS) is 11.3. The zero-order valence-electron chi connectivity index (χ0n) is 15.3. The van der Waals surface area contributed by atoms with Gasteiger partial charge in [0, 0.05) is 11.8 Å². The van der Waals surface area contributed by atoms with Crippen LogP contribution in [0, 0.1) is 0 Å². The van der Waals surface area contributed by atoms with Crippen molar-refractivity contribution < 1.29 is 14.3 Å². The topological polar surface area (TPSA) is 96.2 Å². The van der Waals surface area contributed by atoms with Crippen LogP contribution in [0.25, 0.3) is 17.1 Å². The molecular weight excluding hydrogens is 346 g/mol. The minimum Gasteiger partial charge on any atom is -0.493 e. The number of fused-ring (bicyclic) bond motifs is 1. The SMILES string of the molecule is COc1cc(/C=C/C(=O)Nc2ccc3[nH]c(=O)[nH]c3c2)ccc1OC(C)C. The molecule has 7 nitrogen and oxygen atoms in total. The van der Waals surface area contributed by atoms with Crippen LogP contribution in [-0.2, 0) is 4.79 Å². The number of carbonyl (C=O) groups excluding carboxylic acids is 1. The second kappa shape index (κ2) is 7.82. The van der Waals surface area contributed by atoms with Crippen LogP contribution < -0.4 is 20.5 Å². The smallest absolute Gasteiger partial charge is 0.323 e. The molecule has 140 valence electrons. The third kappa shape index (κ3) is 4.58. The van der Waals surface area contributed by atoms with Gasteiger partial charge in [-0.1, -0.05) is 6.07 Å². The lowest BCUT2D eigenvalue weighted by Crippen LogP contribution is -2.07. The molecule has 3 N–H and O–H groups in total. The maximum atomic E-state index is 12.2. The van der Waals surface area contributed by atoms with Crippen molar-refractivity contribution in [1.29, 1.82) is 0 Å². The van der Waals surface area contributed by atoms with E-state index in [1.165, 1.54) is 6.08 Å². The summed E-state index contributed by atoms with van der Waals surface area (Å²) in [6.45, 7) is 3.89. The summed E-state index contributed by atoms with van der Waals surface area (Å²) in [4.78, 5) is 28.8. The number of hydrogen-bond acceptors (Lipinski definition) is 4. The molecule has 1 amide bonds. The molecule has 0 aliphatic heterocycles. The fourth-order valence-electron chi connectivity index (χ4n) is 2.61. The third-order valence-corrected chi connectivity index (χ3v) is 3.76. The molecule has 0 aliphatic rings. The molecule has 2 aromatic carbocycles. The van der Waals surface area contributed by atoms with Crippen LogP contribution in [0.15, 0.2) is 47.3 Å². The highest BCUT2D eigenvalue weighted by atomic mass is 16.5. The predicted molar refractivity (Wildman–Crippen MR) is 105 cm³/mol. The third-order valence-electron chi connectivity index (χ3n) is 3.76. The Kier molecular flexibility index (Phi) is 5.30. The molecule has 0 aliphatic carbocycles. The Labute approximate surface area is 156 Å². The van der Waals surface area contributed by atoms with Crippen LogP contribution in [0.5, 0.6) is 11.5 Å². The molecule has 0 radical (unpaired) electrons. The minimum absolute atomic E-state index is 0.0402. The van der Waals surface area contributed by atoms with E-state index in [4.69, 9.17) is 9.47 Å². The number of nitrogens with one attached hydrogen (secondary N) is 3. The number of carbonyl (C=O) groups is 1. The number of anilines is 1. The maximum Gasteiger partial charge on any atom is 0.323 e. The molecule has 0 spiro atoms. The Morgan fingerprint density at radius 3 is 2.59 bits per heavy atom. The van der Waals surface area contributed by atoms with Crippen LogP contribution in [-0.4, -0.2) is 29.1 Å². The van der Waals surface area contributed by atoms with E-state index >= 15 is 0 Å². The number of benzene rings is 2. The molecule has 27 heavy (non-hydrogen) atoms. The highest BCUT2D eigenvalue weighted by molar-refractivity contribution is 6.02. The Morgan fingerprint density at radius 1 is 1.07 bits per heavy atom. The van der Waals surface area contributed by atoms with Gasteiger partial charge in [0.15, 0.2) is 11.5 Å². The molecule has 1 aromatic heterocycles. The van der Waals surface area contributed by atoms with E-state index in [1.807, 2.05) is 26.0 Å². The number of aromatic nitrogens is 2. The van der Waals surface area contributed by atoms with E-state index in [-0.39, 0.29) is 17.7 Å². The van der Waals surface area contributed by atoms with E-state index < -0.39 is 0 Å². The van der Waals surface area contributed by atoms with Crippen molar-refractivity contribution in [3.63, 3.8) is 0 Å². The van der Waals surface area contributed by atoms with Crippen molar-refractivity contribution >= 4 is 28.7 Å². The van der Waals surface area contributed by atoms with Gasteiger partial charge in [-0.25, -0.2) is 4.79 Å². The number of aromatic amines is 2. The fraction of sp³-hybridized carbons (Fsp3) is 0.200. The average molecular weight is 367 g/mol. The standard InChI is InChI=1S/C20H21N3O4/c1-12(2)27-17-8-4-13(10-18(17)26-3)5-9-19(24)21-14-6-7-15-16(11-14)23-20(25)22-15/h4-12H,1-3H3,(H,21,24)(H2,22,23,25)/b9-5+. The van der Waals surface area contributed by atoms with Crippen LogP contribution in [0.3, 0.4) is 0 Å². The molecule has 0 saturated carbocycles. The number of ether oxygens (including phenoxy) is 2. The van der Waals surface area contributed by atoms with Gasteiger partial charge in [-0.3, -0.25) is 4.79 Å². The molecule has 3 aromatic rings. The molecule has 0 saturated heterocycles. The maximum absolute atomic E-state index is 12.2. The van der Waals surface area contributed by atoms with Gasteiger partial charge < -0.3 is 24.8 Å². The highest BCUT2D eigenvalue weighted by Gasteiger charge is 2.07. The second-order valence-corrected chi connectivity index (χ2v) is 6.24. The van der Waals surface area contributed by atoms with Crippen molar-refractivity contribution in [3.8, 4) is 11.5 Å². The summed E-state index contributed by atoms with van der Waals surface area (Å²) in [6.07, 6.45) is 3.16. The van der Waals surface area contributed by atoms with E-state index in [1.54, 1.807) is 37.5 Å². The van der Waals surface area contributed by atoms with Gasteiger partial charge in [0.05, 0.1) is 24.2 Å². The first-order valence-corrected chi connectivity index (χ1v) is 8.50. The van der Waals surface area contributed by atoms with Crippen molar-refractivity contribution in [2.24, 2.45) is 0 Å². The number of rotatable bonds is 6. The lowest BCUT2D eigenvalue weighted by atomic mass is 10.2. The van der Waals surface area contributed by atoms with Gasteiger partial charge >= 0.3 is 5.69 Å². The van der Waals surface area contributed by atoms with Crippen LogP contribution in [0.1, 0.15) is 19.4 Å². The van der Waals surface area contributed by atoms with Crippen LogP contribution >= 0.6 is 0 Å². The molecule has 0 bridgehead atoms. The number of methoxy groups -OCH3 is 1. The predicted octanol–water partition coefficient (Wildman–Crippen LogP) is 3.30. The van der Waals surface area contributed by atoms with Crippen molar-refractivity contribution in [3.05, 3.63) is 58.5 Å². The summed E-state index contributed by atoms with van der Waals surface area (Å²) in [5.74, 6) is 0.977. The Morgan fingerprint density at radius 2 is 1.85 bits per heavy atom. The van der Waals surface area contributed by atoms with Gasteiger partial charge in [-0.2, -0.15) is 0 Å². The van der Waals surface area contributed by atoms with Crippen molar-refractivity contribution in [2.75, 3.05) is 12.4 Å². The van der Waals surface area contributed by atoms with Gasteiger partial charge in [0.2, 0.25) is 5.91 Å². The van der Waals surface area contributed by atoms with E-state index in [2.05, 4.69) is 15.3 Å². The number of H-pyrrole nitrogens is 2. The Bertz CT molecular complexity index is 1050. The first-order chi connectivity index (χ1) is 12.9. The number of imidazole rings is 1. The van der Waals surface area contributed by atoms with Crippen LogP contribution in [0.4, 0.5) is 5.69 Å². The highest BCUT2D eigenvalue weighted by Crippen LogP contribution is 2.29. The van der Waals surface area contributed by atoms with Gasteiger partial charge in [0.1, 0.15) is 0 Å². The van der Waals surface area contributed by atoms with Gasteiger partial charge in [-0.05, 0) is 55.8 Å². The van der Waals surface area contributed by atoms with Crippen LogP contribution in [0.2, 0.25) is 0 Å². The largest absolute Gasteiger partial charge is 0.493 e. The molecule has 0 fully saturated rings. The zero-order valence-corrected chi connectivity index (χ0v) is 15.3. The summed E-state index contributed by atoms with van der Waals surface area (Å²) < 4.78 is 11.0. The average Bonchev–Trinajstić information content (AvgIpc) is 2.99. The van der Waals surface area contributed by atoms with Crippen molar-refractivity contribution in [2.45, 2.75) is 20.0 Å². The first-order valence-electron chi connectivity index (χ1n) is 8.50. The lowest BCUT2D eigenvalue weighted by Gasteiger charge is -2.13. The first kappa shape index (κ1) is 18.3. The quantitative estimate of drug-likeness (QED) is 0.583. The summed E-state index contributed by atoms with van der Waals surface area (Å²) in [7, 11) is 1.57. The molecule has 0 atom stereocenters. The number of hydrogen-bond donors (Lipinski definition) is 3. The molecule has 0 unspecified atom stereocenters. The summed E-state index contributed by atoms with van der Waals surface area (Å²) in [5, 5.41) is 2.76. The second-order valence-electron chi connectivity index (χ2n) is 6.24. The van der Waals surface area contributed by atoms with E-state index in [9.17, 15) is 9.59 Å². The Hall–Kier alpha value is -3.48. The Balaban J connectivity index is 1.70. The molecule has 7 heteroatoms. The minimum atomic E-state index is -0.285.